The first kappa shape index (κ1) is 16.7. The number of carbonyl (C=O) groups excluding carboxylic acids is 2. The third-order valence-electron chi connectivity index (χ3n) is 3.54. The normalized spacial score (nSPS) is 14.7. The van der Waals surface area contributed by atoms with Crippen LogP contribution in [0.4, 0.5) is 5.69 Å². The second-order valence-corrected chi connectivity index (χ2v) is 5.23. The van der Waals surface area contributed by atoms with Crippen molar-refractivity contribution >= 4 is 23.6 Å². The van der Waals surface area contributed by atoms with E-state index in [4.69, 9.17) is 4.74 Å². The molecule has 0 bridgehead atoms. The summed E-state index contributed by atoms with van der Waals surface area (Å²) in [6.45, 7) is 1.14. The van der Waals surface area contributed by atoms with Crippen LogP contribution in [0, 0.1) is 10.1 Å². The molecule has 122 valence electrons. The molecule has 0 N–H and O–H groups in total. The number of rotatable bonds is 5. The summed E-state index contributed by atoms with van der Waals surface area (Å²) in [5.74, 6) is -0.844. The van der Waals surface area contributed by atoms with Gasteiger partial charge in [-0.3, -0.25) is 14.9 Å². The second-order valence-electron chi connectivity index (χ2n) is 5.23. The van der Waals surface area contributed by atoms with Crippen molar-refractivity contribution in [2.45, 2.75) is 19.3 Å². The van der Waals surface area contributed by atoms with Crippen LogP contribution in [0.1, 0.15) is 24.8 Å². The second kappa shape index (κ2) is 8.07. The van der Waals surface area contributed by atoms with E-state index in [1.165, 1.54) is 24.3 Å². The highest BCUT2D eigenvalue weighted by Gasteiger charge is 2.17. The zero-order valence-corrected chi connectivity index (χ0v) is 12.6. The average molecular weight is 318 g/mol. The molecule has 1 fully saturated rings. The summed E-state index contributed by atoms with van der Waals surface area (Å²) in [4.78, 5) is 35.3. The lowest BCUT2D eigenvalue weighted by Gasteiger charge is -2.26. The molecule has 1 aliphatic rings. The number of benzene rings is 1. The Morgan fingerprint density at radius 1 is 1.26 bits per heavy atom. The molecule has 0 unspecified atom stereocenters. The van der Waals surface area contributed by atoms with Crippen molar-refractivity contribution in [1.82, 2.24) is 4.90 Å². The molecular formula is C16H18N2O5. The van der Waals surface area contributed by atoms with Gasteiger partial charge in [0, 0.05) is 31.3 Å². The summed E-state index contributed by atoms with van der Waals surface area (Å²) in [5, 5.41) is 10.7. The number of carbonyl (C=O) groups is 2. The Labute approximate surface area is 133 Å². The summed E-state index contributed by atoms with van der Waals surface area (Å²) in [7, 11) is 0. The molecule has 0 saturated carbocycles. The average Bonchev–Trinajstić information content (AvgIpc) is 2.58. The van der Waals surface area contributed by atoms with E-state index in [0.29, 0.717) is 18.7 Å². The van der Waals surface area contributed by atoms with Crippen molar-refractivity contribution in [2.75, 3.05) is 19.7 Å². The van der Waals surface area contributed by atoms with Crippen LogP contribution in [0.15, 0.2) is 30.3 Å². The number of nitro benzene ring substituents is 1. The Hall–Kier alpha value is -2.70. The van der Waals surface area contributed by atoms with Crippen LogP contribution in [-0.2, 0) is 14.3 Å². The Bertz CT molecular complexity index is 621. The molecule has 1 saturated heterocycles. The van der Waals surface area contributed by atoms with Gasteiger partial charge >= 0.3 is 5.97 Å². The standard InChI is InChI=1S/C16H18N2O5/c19-15(17-9-2-1-3-10-17)12-23-16(20)8-7-13-5-4-6-14(11-13)18(21)22/h4-8,11H,1-3,9-10,12H2/b8-7+. The fourth-order valence-corrected chi connectivity index (χ4v) is 2.32. The van der Waals surface area contributed by atoms with Crippen molar-refractivity contribution in [3.8, 4) is 0 Å². The van der Waals surface area contributed by atoms with Crippen molar-refractivity contribution in [3.05, 3.63) is 46.0 Å². The van der Waals surface area contributed by atoms with Crippen LogP contribution in [0.25, 0.3) is 6.08 Å². The highest BCUT2D eigenvalue weighted by molar-refractivity contribution is 5.89. The van der Waals surface area contributed by atoms with E-state index in [1.807, 2.05) is 0 Å². The molecule has 1 amide bonds. The monoisotopic (exact) mass is 318 g/mol. The molecular weight excluding hydrogens is 300 g/mol. The van der Waals surface area contributed by atoms with E-state index in [0.717, 1.165) is 25.3 Å². The van der Waals surface area contributed by atoms with Gasteiger partial charge in [-0.2, -0.15) is 0 Å². The molecule has 7 nitrogen and oxygen atoms in total. The number of esters is 1. The lowest BCUT2D eigenvalue weighted by molar-refractivity contribution is -0.384. The zero-order chi connectivity index (χ0) is 16.7. The summed E-state index contributed by atoms with van der Waals surface area (Å²) in [6, 6.07) is 5.88. The Kier molecular flexibility index (Phi) is 5.85. The summed E-state index contributed by atoms with van der Waals surface area (Å²) >= 11 is 0. The number of nitro groups is 1. The van der Waals surface area contributed by atoms with E-state index >= 15 is 0 Å². The predicted molar refractivity (Wildman–Crippen MR) is 83.5 cm³/mol. The van der Waals surface area contributed by atoms with Gasteiger partial charge < -0.3 is 9.64 Å². The van der Waals surface area contributed by atoms with Crippen molar-refractivity contribution in [1.29, 1.82) is 0 Å². The lowest BCUT2D eigenvalue weighted by atomic mass is 10.1. The summed E-state index contributed by atoms with van der Waals surface area (Å²) in [5.41, 5.74) is 0.458. The number of non-ortho nitro benzene ring substituents is 1. The number of ether oxygens (including phenoxy) is 1. The fraction of sp³-hybridized carbons (Fsp3) is 0.375. The minimum atomic E-state index is -0.651. The number of hydrogen-bond donors (Lipinski definition) is 0. The van der Waals surface area contributed by atoms with Gasteiger partial charge in [-0.25, -0.2) is 4.79 Å². The van der Waals surface area contributed by atoms with Crippen molar-refractivity contribution in [3.63, 3.8) is 0 Å². The molecule has 1 aliphatic heterocycles. The third-order valence-corrected chi connectivity index (χ3v) is 3.54. The highest BCUT2D eigenvalue weighted by atomic mass is 16.6. The van der Waals surface area contributed by atoms with Crippen molar-refractivity contribution < 1.29 is 19.2 Å². The molecule has 2 rings (SSSR count). The van der Waals surface area contributed by atoms with Gasteiger partial charge in [0.1, 0.15) is 0 Å². The van der Waals surface area contributed by atoms with E-state index < -0.39 is 10.9 Å². The maximum absolute atomic E-state index is 11.8. The Morgan fingerprint density at radius 3 is 2.70 bits per heavy atom. The maximum atomic E-state index is 11.8. The van der Waals surface area contributed by atoms with Gasteiger partial charge in [0.15, 0.2) is 6.61 Å². The number of piperidine rings is 1. The summed E-state index contributed by atoms with van der Waals surface area (Å²) < 4.78 is 4.91. The van der Waals surface area contributed by atoms with E-state index in [-0.39, 0.29) is 18.2 Å². The predicted octanol–water partition coefficient (Wildman–Crippen LogP) is 2.16. The molecule has 1 aromatic rings. The van der Waals surface area contributed by atoms with Gasteiger partial charge in [0.25, 0.3) is 11.6 Å². The highest BCUT2D eigenvalue weighted by Crippen LogP contribution is 2.14. The minimum Gasteiger partial charge on any atom is -0.452 e. The minimum absolute atomic E-state index is 0.0548. The van der Waals surface area contributed by atoms with Gasteiger partial charge in [-0.05, 0) is 30.9 Å². The van der Waals surface area contributed by atoms with Gasteiger partial charge in [0.05, 0.1) is 4.92 Å². The van der Waals surface area contributed by atoms with Crippen LogP contribution in [-0.4, -0.2) is 41.4 Å². The van der Waals surface area contributed by atoms with Crippen LogP contribution in [0.2, 0.25) is 0 Å². The summed E-state index contributed by atoms with van der Waals surface area (Å²) in [6.07, 6.45) is 5.65. The van der Waals surface area contributed by atoms with Gasteiger partial charge in [-0.15, -0.1) is 0 Å². The third kappa shape index (κ3) is 5.21. The first-order valence-electron chi connectivity index (χ1n) is 7.43. The zero-order valence-electron chi connectivity index (χ0n) is 12.6. The number of hydrogen-bond acceptors (Lipinski definition) is 5. The van der Waals surface area contributed by atoms with Crippen LogP contribution < -0.4 is 0 Å². The molecule has 0 spiro atoms. The maximum Gasteiger partial charge on any atom is 0.331 e. The molecule has 0 radical (unpaired) electrons. The SMILES string of the molecule is O=C(/C=C/c1cccc([N+](=O)[O-])c1)OCC(=O)N1CCCCC1. The van der Waals surface area contributed by atoms with E-state index in [1.54, 1.807) is 11.0 Å². The topological polar surface area (TPSA) is 89.7 Å². The van der Waals surface area contributed by atoms with Crippen LogP contribution in [0.3, 0.4) is 0 Å². The molecule has 1 aromatic carbocycles. The van der Waals surface area contributed by atoms with Gasteiger partial charge in [-0.1, -0.05) is 12.1 Å². The smallest absolute Gasteiger partial charge is 0.331 e. The lowest BCUT2D eigenvalue weighted by Crippen LogP contribution is -2.38. The van der Waals surface area contributed by atoms with E-state index in [2.05, 4.69) is 0 Å². The molecule has 7 heteroatoms. The van der Waals surface area contributed by atoms with Crippen LogP contribution in [0.5, 0.6) is 0 Å². The van der Waals surface area contributed by atoms with Crippen LogP contribution >= 0.6 is 0 Å². The quantitative estimate of drug-likeness (QED) is 0.359. The molecule has 23 heavy (non-hydrogen) atoms. The number of nitrogens with zero attached hydrogens (tertiary/aromatic N) is 2. The van der Waals surface area contributed by atoms with E-state index in [9.17, 15) is 19.7 Å². The fourth-order valence-electron chi connectivity index (χ4n) is 2.32. The molecule has 1 heterocycles. The first-order valence-corrected chi connectivity index (χ1v) is 7.43. The Morgan fingerprint density at radius 2 is 2.00 bits per heavy atom. The first-order chi connectivity index (χ1) is 11.1. The number of amides is 1. The largest absolute Gasteiger partial charge is 0.452 e. The Balaban J connectivity index is 1.83. The van der Waals surface area contributed by atoms with Gasteiger partial charge in [0.2, 0.25) is 0 Å². The molecule has 0 atom stereocenters. The molecule has 0 aliphatic carbocycles. The molecule has 0 aromatic heterocycles. The number of likely N-dealkylation sites (tertiary alicyclic amines) is 1. The van der Waals surface area contributed by atoms with Crippen molar-refractivity contribution in [2.24, 2.45) is 0 Å².